The van der Waals surface area contributed by atoms with E-state index in [1.165, 1.54) is 11.8 Å². The molecule has 0 radical (unpaired) electrons. The van der Waals surface area contributed by atoms with Crippen LogP contribution in [0.3, 0.4) is 0 Å². The molecule has 0 aromatic heterocycles. The topological polar surface area (TPSA) is 41.9 Å². The average Bonchev–Trinajstić information content (AvgIpc) is 2.90. The largest absolute Gasteiger partial charge is 0.488 e. The minimum absolute atomic E-state index is 0.0607. The maximum Gasteiger partial charge on any atom is 0.266 e. The van der Waals surface area contributed by atoms with Gasteiger partial charge in [0, 0.05) is 28.6 Å². The van der Waals surface area contributed by atoms with E-state index in [2.05, 4.69) is 36.9 Å². The van der Waals surface area contributed by atoms with Gasteiger partial charge < -0.3 is 4.74 Å². The number of halogens is 2. The summed E-state index contributed by atoms with van der Waals surface area (Å²) in [4.78, 5) is 18.7. The van der Waals surface area contributed by atoms with Crippen molar-refractivity contribution >= 4 is 60.8 Å². The van der Waals surface area contributed by atoms with E-state index >= 15 is 0 Å². The van der Waals surface area contributed by atoms with Crippen molar-refractivity contribution in [2.24, 2.45) is 4.99 Å². The number of hydrogen-bond acceptors (Lipinski definition) is 4. The molecule has 1 aliphatic heterocycles. The highest BCUT2D eigenvalue weighted by molar-refractivity contribution is 9.10. The zero-order chi connectivity index (χ0) is 18.7. The van der Waals surface area contributed by atoms with Crippen molar-refractivity contribution in [2.75, 3.05) is 14.1 Å². The Hall–Kier alpha value is -1.57. The van der Waals surface area contributed by atoms with Crippen LogP contribution < -0.4 is 4.74 Å². The first-order valence-corrected chi connectivity index (χ1v) is 10.2. The van der Waals surface area contributed by atoms with Crippen LogP contribution in [-0.2, 0) is 11.4 Å². The van der Waals surface area contributed by atoms with Crippen LogP contribution in [0.1, 0.15) is 11.1 Å². The number of benzene rings is 2. The lowest BCUT2D eigenvalue weighted by Crippen LogP contribution is -2.23. The van der Waals surface area contributed by atoms with Crippen LogP contribution in [0.4, 0.5) is 0 Å². The summed E-state index contributed by atoms with van der Waals surface area (Å²) in [5.74, 6) is 0.663. The molecule has 26 heavy (non-hydrogen) atoms. The lowest BCUT2D eigenvalue weighted by molar-refractivity contribution is -0.121. The summed E-state index contributed by atoms with van der Waals surface area (Å²) in [6, 6.07) is 13.8. The number of amides is 1. The molecule has 1 fully saturated rings. The molecule has 1 amide bonds. The van der Waals surface area contributed by atoms with Crippen LogP contribution in [0.15, 0.2) is 61.3 Å². The van der Waals surface area contributed by atoms with Gasteiger partial charge in [0.2, 0.25) is 0 Å². The second-order valence-electron chi connectivity index (χ2n) is 5.58. The third-order valence-corrected chi connectivity index (χ3v) is 5.93. The van der Waals surface area contributed by atoms with Gasteiger partial charge in [-0.05, 0) is 53.7 Å². The maximum absolute atomic E-state index is 12.4. The molecular formula is C19H16Br2N2O2S. The first kappa shape index (κ1) is 19.2. The van der Waals surface area contributed by atoms with E-state index in [1.807, 2.05) is 48.5 Å². The third-order valence-electron chi connectivity index (χ3n) is 3.76. The van der Waals surface area contributed by atoms with E-state index < -0.39 is 0 Å². The van der Waals surface area contributed by atoms with Gasteiger partial charge in [-0.2, -0.15) is 0 Å². The fourth-order valence-corrected chi connectivity index (χ4v) is 3.96. The average molecular weight is 496 g/mol. The molecule has 2 aromatic carbocycles. The number of ether oxygens (including phenoxy) is 1. The van der Waals surface area contributed by atoms with Gasteiger partial charge in [-0.3, -0.25) is 14.7 Å². The number of aliphatic imine (C=N–C) groups is 1. The lowest BCUT2D eigenvalue weighted by atomic mass is 10.1. The number of carbonyl (C=O) groups is 1. The molecule has 1 saturated heterocycles. The van der Waals surface area contributed by atoms with Gasteiger partial charge in [0.1, 0.15) is 12.4 Å². The number of thioether (sulfide) groups is 1. The second-order valence-corrected chi connectivity index (χ2v) is 8.42. The quantitative estimate of drug-likeness (QED) is 0.539. The molecule has 134 valence electrons. The Balaban J connectivity index is 1.85. The Morgan fingerprint density at radius 2 is 1.85 bits per heavy atom. The van der Waals surface area contributed by atoms with Gasteiger partial charge >= 0.3 is 0 Å². The van der Waals surface area contributed by atoms with E-state index in [4.69, 9.17) is 4.74 Å². The number of carbonyl (C=O) groups excluding carboxylic acids is 1. The van der Waals surface area contributed by atoms with Crippen molar-refractivity contribution < 1.29 is 9.53 Å². The van der Waals surface area contributed by atoms with E-state index in [9.17, 15) is 4.79 Å². The number of amidine groups is 1. The van der Waals surface area contributed by atoms with Crippen LogP contribution in [-0.4, -0.2) is 30.1 Å². The highest BCUT2D eigenvalue weighted by Gasteiger charge is 2.29. The fraction of sp³-hybridized carbons (Fsp3) is 0.158. The van der Waals surface area contributed by atoms with Gasteiger partial charge in [-0.15, -0.1) is 0 Å². The summed E-state index contributed by atoms with van der Waals surface area (Å²) in [6.45, 7) is 0.452. The summed E-state index contributed by atoms with van der Waals surface area (Å²) in [6.07, 6.45) is 1.85. The third kappa shape index (κ3) is 4.39. The lowest BCUT2D eigenvalue weighted by Gasteiger charge is -2.10. The summed E-state index contributed by atoms with van der Waals surface area (Å²) in [7, 11) is 3.41. The Labute approximate surface area is 173 Å². The molecule has 0 atom stereocenters. The molecule has 0 spiro atoms. The number of hydrogen-bond donors (Lipinski definition) is 0. The van der Waals surface area contributed by atoms with Gasteiger partial charge in [0.25, 0.3) is 5.91 Å². The van der Waals surface area contributed by atoms with Crippen LogP contribution in [0.2, 0.25) is 0 Å². The highest BCUT2D eigenvalue weighted by atomic mass is 79.9. The van der Waals surface area contributed by atoms with Crippen molar-refractivity contribution in [1.82, 2.24) is 4.90 Å². The summed E-state index contributed by atoms with van der Waals surface area (Å²) in [5.41, 5.74) is 1.92. The van der Waals surface area contributed by atoms with Crippen molar-refractivity contribution in [2.45, 2.75) is 6.61 Å². The van der Waals surface area contributed by atoms with Crippen molar-refractivity contribution in [3.8, 4) is 5.75 Å². The fourth-order valence-electron chi connectivity index (χ4n) is 2.40. The summed E-state index contributed by atoms with van der Waals surface area (Å²) < 4.78 is 7.96. The molecule has 1 aliphatic rings. The monoisotopic (exact) mass is 494 g/mol. The van der Waals surface area contributed by atoms with Crippen LogP contribution in [0, 0.1) is 0 Å². The maximum atomic E-state index is 12.4. The molecule has 4 nitrogen and oxygen atoms in total. The van der Waals surface area contributed by atoms with Crippen LogP contribution in [0.5, 0.6) is 5.75 Å². The van der Waals surface area contributed by atoms with Gasteiger partial charge in [0.15, 0.2) is 5.17 Å². The molecule has 0 unspecified atom stereocenters. The molecule has 3 rings (SSSR count). The molecule has 7 heteroatoms. The van der Waals surface area contributed by atoms with E-state index in [0.717, 1.165) is 25.8 Å². The molecule has 1 heterocycles. The zero-order valence-corrected chi connectivity index (χ0v) is 18.2. The second kappa shape index (κ2) is 8.41. The van der Waals surface area contributed by atoms with Crippen molar-refractivity contribution in [3.05, 3.63) is 67.4 Å². The van der Waals surface area contributed by atoms with E-state index in [1.54, 1.807) is 19.0 Å². The minimum Gasteiger partial charge on any atom is -0.488 e. The first-order chi connectivity index (χ1) is 12.5. The van der Waals surface area contributed by atoms with Crippen molar-refractivity contribution in [1.29, 1.82) is 0 Å². The summed E-state index contributed by atoms with van der Waals surface area (Å²) >= 11 is 8.28. The van der Waals surface area contributed by atoms with Gasteiger partial charge in [0.05, 0.1) is 4.91 Å². The van der Waals surface area contributed by atoms with Gasteiger partial charge in [-0.25, -0.2) is 0 Å². The molecule has 0 N–H and O–H groups in total. The number of nitrogens with zero attached hydrogens (tertiary/aromatic N) is 2. The molecule has 0 saturated carbocycles. The Bertz CT molecular complexity index is 895. The smallest absolute Gasteiger partial charge is 0.266 e. The Morgan fingerprint density at radius 3 is 2.50 bits per heavy atom. The van der Waals surface area contributed by atoms with Crippen molar-refractivity contribution in [3.63, 3.8) is 0 Å². The standard InChI is InChI=1S/C19H16Br2N2O2S/c1-22-19-23(2)18(24)17(26-19)10-13-9-15(21)7-8-16(13)25-11-12-3-5-14(20)6-4-12/h3-10H,11H2,1-2H3/b17-10+,22-19?. The predicted octanol–water partition coefficient (Wildman–Crippen LogP) is 5.32. The molecule has 0 aliphatic carbocycles. The van der Waals surface area contributed by atoms with E-state index in [0.29, 0.717) is 16.7 Å². The normalized spacial score (nSPS) is 17.4. The Kier molecular flexibility index (Phi) is 6.21. The Morgan fingerprint density at radius 1 is 1.15 bits per heavy atom. The highest BCUT2D eigenvalue weighted by Crippen LogP contribution is 2.34. The molecular weight excluding hydrogens is 480 g/mol. The molecule has 0 bridgehead atoms. The zero-order valence-electron chi connectivity index (χ0n) is 14.2. The predicted molar refractivity (Wildman–Crippen MR) is 114 cm³/mol. The molecule has 2 aromatic rings. The van der Waals surface area contributed by atoms with Crippen LogP contribution in [0.25, 0.3) is 6.08 Å². The number of rotatable bonds is 4. The van der Waals surface area contributed by atoms with Crippen LogP contribution >= 0.6 is 43.6 Å². The summed E-state index contributed by atoms with van der Waals surface area (Å²) in [5, 5.41) is 0.688. The van der Waals surface area contributed by atoms with Gasteiger partial charge in [-0.1, -0.05) is 44.0 Å². The first-order valence-electron chi connectivity index (χ1n) is 7.79. The SMILES string of the molecule is CN=C1S/C(=C/c2cc(Br)ccc2OCc2ccc(Br)cc2)C(=O)N1C. The minimum atomic E-state index is -0.0607. The van der Waals surface area contributed by atoms with E-state index in [-0.39, 0.29) is 5.91 Å². The number of likely N-dealkylation sites (N-methyl/N-ethyl adjacent to an activating group) is 1.